The lowest BCUT2D eigenvalue weighted by molar-refractivity contribution is -0.00000322. The Morgan fingerprint density at radius 2 is 1.94 bits per heavy atom. The highest BCUT2D eigenvalue weighted by atomic mass is 35.5. The van der Waals surface area contributed by atoms with E-state index in [1.165, 1.54) is 49.0 Å². The number of aryl methyl sites for hydroxylation is 1. The van der Waals surface area contributed by atoms with E-state index < -0.39 is 0 Å². The molecule has 3 heteroatoms. The number of halogens is 1. The predicted molar refractivity (Wildman–Crippen MR) is 67.4 cm³/mol. The van der Waals surface area contributed by atoms with Crippen molar-refractivity contribution in [2.45, 2.75) is 58.0 Å². The summed E-state index contributed by atoms with van der Waals surface area (Å²) >= 11 is 1.88. The van der Waals surface area contributed by atoms with Gasteiger partial charge in [0.25, 0.3) is 0 Å². The lowest BCUT2D eigenvalue weighted by atomic mass is 10.1. The molecule has 0 bridgehead atoms. The van der Waals surface area contributed by atoms with Crippen molar-refractivity contribution in [1.82, 2.24) is 5.32 Å². The minimum atomic E-state index is 0. The lowest BCUT2D eigenvalue weighted by Crippen LogP contribution is -3.00. The van der Waals surface area contributed by atoms with Crippen LogP contribution >= 0.6 is 11.3 Å². The number of thiophene rings is 1. The highest BCUT2D eigenvalue weighted by Crippen LogP contribution is 2.19. The van der Waals surface area contributed by atoms with Crippen LogP contribution < -0.4 is 17.7 Å². The van der Waals surface area contributed by atoms with E-state index in [2.05, 4.69) is 23.7 Å². The fourth-order valence-corrected chi connectivity index (χ4v) is 3.16. The molecule has 1 N–H and O–H groups in total. The van der Waals surface area contributed by atoms with Gasteiger partial charge in [-0.15, -0.1) is 11.3 Å². The van der Waals surface area contributed by atoms with Gasteiger partial charge in [0.1, 0.15) is 0 Å². The molecule has 0 spiro atoms. The molecule has 0 unspecified atom stereocenters. The third-order valence-corrected chi connectivity index (χ3v) is 4.40. The standard InChI is InChI=1S/C13H21NS.ClH/c1-11-8-9-15-13(11)10-14-12-6-4-2-3-5-7-12;/h8-9,12,14H,2-7,10H2,1H3;1H/p-1. The predicted octanol–water partition coefficient (Wildman–Crippen LogP) is 0.873. The molecule has 1 saturated carbocycles. The molecule has 0 saturated heterocycles. The first-order valence-electron chi connectivity index (χ1n) is 6.12. The van der Waals surface area contributed by atoms with Crippen molar-refractivity contribution < 1.29 is 12.4 Å². The van der Waals surface area contributed by atoms with Gasteiger partial charge < -0.3 is 17.7 Å². The van der Waals surface area contributed by atoms with Gasteiger partial charge in [-0.25, -0.2) is 0 Å². The number of hydrogen-bond acceptors (Lipinski definition) is 2. The molecular formula is C13H21ClNS-. The van der Waals surface area contributed by atoms with E-state index in [1.54, 1.807) is 0 Å². The minimum absolute atomic E-state index is 0. The fraction of sp³-hybridized carbons (Fsp3) is 0.692. The Morgan fingerprint density at radius 3 is 2.50 bits per heavy atom. The summed E-state index contributed by atoms with van der Waals surface area (Å²) in [4.78, 5) is 1.51. The molecule has 1 fully saturated rings. The van der Waals surface area contributed by atoms with Crippen LogP contribution in [-0.4, -0.2) is 6.04 Å². The van der Waals surface area contributed by atoms with E-state index in [-0.39, 0.29) is 12.4 Å². The van der Waals surface area contributed by atoms with Crippen LogP contribution in [0.1, 0.15) is 49.0 Å². The van der Waals surface area contributed by atoms with Crippen molar-refractivity contribution in [1.29, 1.82) is 0 Å². The van der Waals surface area contributed by atoms with Gasteiger partial charge in [-0.1, -0.05) is 25.7 Å². The van der Waals surface area contributed by atoms with Gasteiger partial charge in [-0.05, 0) is 36.8 Å². The molecule has 0 radical (unpaired) electrons. The third kappa shape index (κ3) is 4.08. The maximum atomic E-state index is 3.72. The van der Waals surface area contributed by atoms with Gasteiger partial charge in [0.05, 0.1) is 0 Å². The van der Waals surface area contributed by atoms with Crippen LogP contribution in [0.25, 0.3) is 0 Å². The van der Waals surface area contributed by atoms with Gasteiger partial charge in [0.2, 0.25) is 0 Å². The van der Waals surface area contributed by atoms with E-state index in [0.29, 0.717) is 0 Å². The summed E-state index contributed by atoms with van der Waals surface area (Å²) in [6.07, 6.45) is 8.48. The Balaban J connectivity index is 0.00000128. The quantitative estimate of drug-likeness (QED) is 0.794. The second-order valence-corrected chi connectivity index (χ2v) is 5.60. The normalized spacial score (nSPS) is 17.8. The number of hydrogen-bond donors (Lipinski definition) is 1. The van der Waals surface area contributed by atoms with Crippen molar-refractivity contribution in [3.8, 4) is 0 Å². The molecule has 1 nitrogen and oxygen atoms in total. The Hall–Kier alpha value is -0.0500. The molecule has 0 atom stereocenters. The summed E-state index contributed by atoms with van der Waals surface area (Å²) in [5.74, 6) is 0. The molecule has 16 heavy (non-hydrogen) atoms. The molecule has 0 aromatic carbocycles. The largest absolute Gasteiger partial charge is 1.00 e. The first-order chi connectivity index (χ1) is 7.36. The Morgan fingerprint density at radius 1 is 1.25 bits per heavy atom. The molecule has 2 rings (SSSR count). The number of rotatable bonds is 3. The summed E-state index contributed by atoms with van der Waals surface area (Å²) in [6.45, 7) is 3.29. The van der Waals surface area contributed by atoms with Crippen molar-refractivity contribution in [3.05, 3.63) is 21.9 Å². The van der Waals surface area contributed by atoms with Crippen LogP contribution in [0.2, 0.25) is 0 Å². The Kier molecular flexibility index (Phi) is 6.40. The van der Waals surface area contributed by atoms with Crippen LogP contribution in [0.4, 0.5) is 0 Å². The fourth-order valence-electron chi connectivity index (χ4n) is 2.31. The lowest BCUT2D eigenvalue weighted by Gasteiger charge is -2.15. The van der Waals surface area contributed by atoms with E-state index in [4.69, 9.17) is 0 Å². The van der Waals surface area contributed by atoms with E-state index in [0.717, 1.165) is 12.6 Å². The summed E-state index contributed by atoms with van der Waals surface area (Å²) in [5.41, 5.74) is 1.45. The van der Waals surface area contributed by atoms with Gasteiger partial charge in [-0.2, -0.15) is 0 Å². The molecular weight excluding hydrogens is 238 g/mol. The smallest absolute Gasteiger partial charge is 0.0304 e. The van der Waals surface area contributed by atoms with Crippen LogP contribution in [0.3, 0.4) is 0 Å². The maximum absolute atomic E-state index is 3.72. The maximum Gasteiger partial charge on any atom is 0.0304 e. The average molecular weight is 259 g/mol. The van der Waals surface area contributed by atoms with Crippen molar-refractivity contribution in [2.24, 2.45) is 0 Å². The van der Waals surface area contributed by atoms with Gasteiger partial charge in [0.15, 0.2) is 0 Å². The van der Waals surface area contributed by atoms with Crippen LogP contribution in [0.15, 0.2) is 11.4 Å². The Bertz CT molecular complexity index is 290. The molecule has 0 aliphatic heterocycles. The topological polar surface area (TPSA) is 12.0 Å². The summed E-state index contributed by atoms with van der Waals surface area (Å²) in [6, 6.07) is 2.99. The Labute approximate surface area is 109 Å². The van der Waals surface area contributed by atoms with Crippen molar-refractivity contribution in [2.75, 3.05) is 0 Å². The molecule has 1 aromatic rings. The van der Waals surface area contributed by atoms with Gasteiger partial charge in [-0.3, -0.25) is 0 Å². The summed E-state index contributed by atoms with van der Waals surface area (Å²) in [7, 11) is 0. The van der Waals surface area contributed by atoms with Gasteiger partial charge in [0, 0.05) is 17.5 Å². The van der Waals surface area contributed by atoms with Crippen LogP contribution in [0.5, 0.6) is 0 Å². The highest BCUT2D eigenvalue weighted by molar-refractivity contribution is 7.10. The number of nitrogens with one attached hydrogen (secondary N) is 1. The monoisotopic (exact) mass is 258 g/mol. The second-order valence-electron chi connectivity index (χ2n) is 4.60. The van der Waals surface area contributed by atoms with E-state index in [1.807, 2.05) is 11.3 Å². The van der Waals surface area contributed by atoms with Crippen LogP contribution in [0, 0.1) is 6.92 Å². The SMILES string of the molecule is Cc1ccsc1CNC1CCCCCC1.[Cl-]. The van der Waals surface area contributed by atoms with E-state index in [9.17, 15) is 0 Å². The second kappa shape index (κ2) is 7.31. The molecule has 1 heterocycles. The van der Waals surface area contributed by atoms with Crippen LogP contribution in [-0.2, 0) is 6.54 Å². The minimum Gasteiger partial charge on any atom is -1.00 e. The first kappa shape index (κ1) is 14.0. The van der Waals surface area contributed by atoms with Crippen molar-refractivity contribution >= 4 is 11.3 Å². The van der Waals surface area contributed by atoms with Gasteiger partial charge >= 0.3 is 0 Å². The molecule has 1 aliphatic rings. The molecule has 0 amide bonds. The average Bonchev–Trinajstić information content (AvgIpc) is 2.53. The summed E-state index contributed by atoms with van der Waals surface area (Å²) < 4.78 is 0. The molecule has 1 aliphatic carbocycles. The molecule has 92 valence electrons. The molecule has 1 aromatic heterocycles. The van der Waals surface area contributed by atoms with E-state index >= 15 is 0 Å². The zero-order valence-corrected chi connectivity index (χ0v) is 11.5. The summed E-state index contributed by atoms with van der Waals surface area (Å²) in [5, 5.41) is 5.91. The van der Waals surface area contributed by atoms with Crippen molar-refractivity contribution in [3.63, 3.8) is 0 Å². The first-order valence-corrected chi connectivity index (χ1v) is 7.00. The third-order valence-electron chi connectivity index (χ3n) is 3.37. The highest BCUT2D eigenvalue weighted by Gasteiger charge is 2.11. The zero-order chi connectivity index (χ0) is 10.5. The zero-order valence-electron chi connectivity index (χ0n) is 9.97.